The van der Waals surface area contributed by atoms with Gasteiger partial charge in [0, 0.05) is 6.92 Å². The van der Waals surface area contributed by atoms with E-state index in [0.717, 1.165) is 68.7 Å². The van der Waals surface area contributed by atoms with Crippen LogP contribution in [-0.4, -0.2) is 62.9 Å². The summed E-state index contributed by atoms with van der Waals surface area (Å²) < 4.78 is 0. The average molecular weight is 515 g/mol. The van der Waals surface area contributed by atoms with Gasteiger partial charge in [-0.05, 0) is 68.6 Å². The van der Waals surface area contributed by atoms with Crippen molar-refractivity contribution in [2.75, 3.05) is 26.4 Å². The van der Waals surface area contributed by atoms with E-state index in [1.807, 2.05) is 24.3 Å². The largest absolute Gasteiger partial charge is 0.396 e. The van der Waals surface area contributed by atoms with Crippen molar-refractivity contribution in [3.05, 3.63) is 48.0 Å². The van der Waals surface area contributed by atoms with Gasteiger partial charge in [0.05, 0.1) is 12.4 Å². The van der Waals surface area contributed by atoms with Crippen molar-refractivity contribution >= 4 is 36.4 Å². The number of allylic oxidation sites excluding steroid dienone is 1. The molecule has 0 saturated heterocycles. The number of ketones is 2. The molecule has 0 fully saturated rings. The van der Waals surface area contributed by atoms with Crippen molar-refractivity contribution in [3.63, 3.8) is 0 Å². The molecule has 10 nitrogen and oxygen atoms in total. The molecule has 0 aliphatic heterocycles. The van der Waals surface area contributed by atoms with Crippen LogP contribution in [0.1, 0.15) is 69.4 Å². The van der Waals surface area contributed by atoms with Crippen molar-refractivity contribution in [1.29, 1.82) is 0 Å². The van der Waals surface area contributed by atoms with E-state index in [9.17, 15) is 9.59 Å². The number of Topliss-reactive ketones (excluding diaryl/α,β-unsaturated/α-hetero) is 1. The lowest BCUT2D eigenvalue weighted by Gasteiger charge is -2.01. The molecule has 0 unspecified atom stereocenters. The number of rotatable bonds is 23. The summed E-state index contributed by atoms with van der Waals surface area (Å²) >= 11 is 0. The first kappa shape index (κ1) is 31.2. The second-order valence-electron chi connectivity index (χ2n) is 7.98. The van der Waals surface area contributed by atoms with Crippen LogP contribution < -0.4 is 0 Å². The first-order chi connectivity index (χ1) is 18.1. The van der Waals surface area contributed by atoms with Crippen LogP contribution in [0.25, 0.3) is 0 Å². The third kappa shape index (κ3) is 20.1. The van der Waals surface area contributed by atoms with Gasteiger partial charge in [-0.25, -0.2) is 0 Å². The van der Waals surface area contributed by atoms with Crippen LogP contribution in [0.4, 0.5) is 0 Å². The molecule has 1 aromatic rings. The molecule has 0 spiro atoms. The Hall–Kier alpha value is -3.82. The Kier molecular flexibility index (Phi) is 19.1. The Morgan fingerprint density at radius 3 is 1.41 bits per heavy atom. The number of carbonyl (C=O) groups is 2. The molecule has 0 aliphatic carbocycles. The molecule has 0 bridgehead atoms. The zero-order chi connectivity index (χ0) is 26.8. The Balaban J connectivity index is 2.00. The molecule has 1 rings (SSSR count). The Bertz CT molecular complexity index is 881. The number of hydrogen-bond acceptors (Lipinski definition) is 10. The van der Waals surface area contributed by atoms with Crippen LogP contribution in [0.2, 0.25) is 0 Å². The number of nitrogens with zero attached hydrogens (tertiary/aromatic N) is 4. The van der Waals surface area contributed by atoms with E-state index in [4.69, 9.17) is 19.4 Å². The molecule has 1 aromatic carbocycles. The first-order valence-corrected chi connectivity index (χ1v) is 12.5. The lowest BCUT2D eigenvalue weighted by atomic mass is 10.2. The average Bonchev–Trinajstić information content (AvgIpc) is 2.90. The highest BCUT2D eigenvalue weighted by atomic mass is 16.6. The second kappa shape index (κ2) is 22.6. The standard InChI is InChI=1S/C27H38N4O6/c1-3-27(33)23-31-37-19-11-7-6-10-18-36-30-22-26-14-12-25(13-15-26)21-29-35-17-9-5-4-8-16-34-28-20-24(2)32/h3,12-15,20-23H,1,4-11,16-19H2,2H3. The first-order valence-electron chi connectivity index (χ1n) is 12.5. The van der Waals surface area contributed by atoms with Gasteiger partial charge < -0.3 is 19.4 Å². The predicted octanol–water partition coefficient (Wildman–Crippen LogP) is 4.86. The zero-order valence-electron chi connectivity index (χ0n) is 21.6. The van der Waals surface area contributed by atoms with Crippen molar-refractivity contribution < 1.29 is 28.9 Å². The van der Waals surface area contributed by atoms with Gasteiger partial charge in [-0.3, -0.25) is 9.59 Å². The Morgan fingerprint density at radius 1 is 0.649 bits per heavy atom. The molecular weight excluding hydrogens is 476 g/mol. The predicted molar refractivity (Wildman–Crippen MR) is 145 cm³/mol. The molecule has 0 atom stereocenters. The maximum atomic E-state index is 10.9. The summed E-state index contributed by atoms with van der Waals surface area (Å²) in [6.45, 7) is 6.87. The summed E-state index contributed by atoms with van der Waals surface area (Å²) in [7, 11) is 0. The van der Waals surface area contributed by atoms with Crippen LogP contribution >= 0.6 is 0 Å². The third-order valence-electron chi connectivity index (χ3n) is 4.70. The zero-order valence-corrected chi connectivity index (χ0v) is 21.6. The highest BCUT2D eigenvalue weighted by Crippen LogP contribution is 2.04. The lowest BCUT2D eigenvalue weighted by molar-refractivity contribution is -0.111. The quantitative estimate of drug-likeness (QED) is 0.0890. The lowest BCUT2D eigenvalue weighted by Crippen LogP contribution is -1.95. The van der Waals surface area contributed by atoms with Crippen molar-refractivity contribution in [2.45, 2.75) is 58.3 Å². The minimum Gasteiger partial charge on any atom is -0.396 e. The van der Waals surface area contributed by atoms with Gasteiger partial charge in [0.25, 0.3) is 0 Å². The highest BCUT2D eigenvalue weighted by Gasteiger charge is 1.95. The fraction of sp³-hybridized carbons (Fsp3) is 0.481. The van der Waals surface area contributed by atoms with Gasteiger partial charge >= 0.3 is 0 Å². The third-order valence-corrected chi connectivity index (χ3v) is 4.70. The van der Waals surface area contributed by atoms with E-state index in [2.05, 4.69) is 27.2 Å². The van der Waals surface area contributed by atoms with Gasteiger partial charge in [-0.1, -0.05) is 51.5 Å². The summed E-state index contributed by atoms with van der Waals surface area (Å²) in [5.74, 6) is -0.399. The van der Waals surface area contributed by atoms with Crippen molar-refractivity contribution in [1.82, 2.24) is 0 Å². The van der Waals surface area contributed by atoms with E-state index >= 15 is 0 Å². The fourth-order valence-electron chi connectivity index (χ4n) is 2.70. The van der Waals surface area contributed by atoms with E-state index < -0.39 is 0 Å². The molecule has 10 heteroatoms. The Morgan fingerprint density at radius 2 is 1.03 bits per heavy atom. The number of carbonyl (C=O) groups excluding carboxylic acids is 2. The molecule has 0 N–H and O–H groups in total. The maximum absolute atomic E-state index is 10.9. The minimum atomic E-state index is -0.273. The van der Waals surface area contributed by atoms with Gasteiger partial charge in [-0.15, -0.1) is 0 Å². The number of unbranched alkanes of at least 4 members (excludes halogenated alkanes) is 6. The molecule has 0 heterocycles. The van der Waals surface area contributed by atoms with Crippen LogP contribution in [0.3, 0.4) is 0 Å². The van der Waals surface area contributed by atoms with Crippen molar-refractivity contribution in [3.8, 4) is 0 Å². The van der Waals surface area contributed by atoms with Crippen LogP contribution in [0.15, 0.2) is 57.5 Å². The minimum absolute atomic E-state index is 0.126. The number of hydrogen-bond donors (Lipinski definition) is 0. The number of benzene rings is 1. The van der Waals surface area contributed by atoms with Gasteiger partial charge in [0.15, 0.2) is 11.6 Å². The van der Waals surface area contributed by atoms with Crippen LogP contribution in [0, 0.1) is 0 Å². The Labute approximate surface area is 219 Å². The van der Waals surface area contributed by atoms with E-state index in [1.165, 1.54) is 19.2 Å². The van der Waals surface area contributed by atoms with Gasteiger partial charge in [0.2, 0.25) is 0 Å². The van der Waals surface area contributed by atoms with E-state index in [1.54, 1.807) is 12.4 Å². The molecule has 202 valence electrons. The fourth-order valence-corrected chi connectivity index (χ4v) is 2.70. The summed E-state index contributed by atoms with van der Waals surface area (Å²) in [5.41, 5.74) is 1.87. The molecule has 0 saturated carbocycles. The van der Waals surface area contributed by atoms with E-state index in [-0.39, 0.29) is 11.6 Å². The molecule has 0 aliphatic rings. The highest BCUT2D eigenvalue weighted by molar-refractivity contribution is 6.32. The SMILES string of the molecule is C=CC(=O)C=NOCCCCCCON=Cc1ccc(C=NOCCCCCCON=CC(C)=O)cc1. The van der Waals surface area contributed by atoms with Gasteiger partial charge in [0.1, 0.15) is 38.9 Å². The topological polar surface area (TPSA) is 120 Å². The summed E-state index contributed by atoms with van der Waals surface area (Å²) in [6, 6.07) is 7.73. The smallest absolute Gasteiger partial charge is 0.199 e. The van der Waals surface area contributed by atoms with Gasteiger partial charge in [-0.2, -0.15) is 0 Å². The summed E-state index contributed by atoms with van der Waals surface area (Å²) in [5, 5.41) is 15.1. The van der Waals surface area contributed by atoms with Crippen molar-refractivity contribution in [2.24, 2.45) is 20.6 Å². The summed E-state index contributed by atoms with van der Waals surface area (Å²) in [6.07, 6.45) is 14.4. The maximum Gasteiger partial charge on any atom is 0.199 e. The normalized spacial score (nSPS) is 11.5. The number of oxime groups is 4. The molecule has 0 aromatic heterocycles. The molecule has 0 radical (unpaired) electrons. The summed E-state index contributed by atoms with van der Waals surface area (Å²) in [4.78, 5) is 42.1. The monoisotopic (exact) mass is 514 g/mol. The van der Waals surface area contributed by atoms with Crippen LogP contribution in [0.5, 0.6) is 0 Å². The second-order valence-corrected chi connectivity index (χ2v) is 7.98. The molecular formula is C27H38N4O6. The van der Waals surface area contributed by atoms with Crippen LogP contribution in [-0.2, 0) is 28.9 Å². The molecule has 0 amide bonds. The molecule has 37 heavy (non-hydrogen) atoms. The van der Waals surface area contributed by atoms with E-state index in [0.29, 0.717) is 26.4 Å².